The molecule has 1 saturated heterocycles. The summed E-state index contributed by atoms with van der Waals surface area (Å²) in [6.07, 6.45) is 2.57. The molecule has 110 valence electrons. The second-order valence-corrected chi connectivity index (χ2v) is 6.10. The molecule has 0 spiro atoms. The number of hydrogen-bond donors (Lipinski definition) is 1. The smallest absolute Gasteiger partial charge is 0.251 e. The number of rotatable bonds is 5. The van der Waals surface area contributed by atoms with E-state index >= 15 is 0 Å². The number of halogens is 2. The summed E-state index contributed by atoms with van der Waals surface area (Å²) in [6, 6.07) is 3.04. The van der Waals surface area contributed by atoms with Crippen molar-refractivity contribution in [1.82, 2.24) is 15.2 Å². The Hall–Kier alpha value is -0.840. The Morgan fingerprint density at radius 2 is 1.95 bits per heavy atom. The number of pyridine rings is 1. The lowest BCUT2D eigenvalue weighted by atomic mass is 10.1. The Morgan fingerprint density at radius 1 is 1.35 bits per heavy atom. The van der Waals surface area contributed by atoms with E-state index < -0.39 is 0 Å². The van der Waals surface area contributed by atoms with Crippen molar-refractivity contribution in [3.05, 3.63) is 28.0 Å². The zero-order valence-electron chi connectivity index (χ0n) is 11.5. The van der Waals surface area contributed by atoms with Gasteiger partial charge in [0.15, 0.2) is 0 Å². The van der Waals surface area contributed by atoms with Crippen molar-refractivity contribution in [2.24, 2.45) is 5.92 Å². The molecule has 0 aromatic carbocycles. The number of nitrogens with zero attached hydrogens (tertiary/aromatic N) is 2. The van der Waals surface area contributed by atoms with Gasteiger partial charge >= 0.3 is 0 Å². The van der Waals surface area contributed by atoms with Gasteiger partial charge in [0, 0.05) is 18.7 Å². The van der Waals surface area contributed by atoms with Crippen LogP contribution in [0.1, 0.15) is 30.1 Å². The normalized spacial score (nSPS) is 17.1. The Labute approximate surface area is 129 Å². The second kappa shape index (κ2) is 7.25. The first-order chi connectivity index (χ1) is 9.54. The molecule has 2 rings (SSSR count). The third-order valence-corrected chi connectivity index (χ3v) is 3.79. The number of likely N-dealkylation sites (tertiary alicyclic amines) is 1. The molecule has 1 amide bonds. The van der Waals surface area contributed by atoms with Crippen molar-refractivity contribution in [1.29, 1.82) is 0 Å². The number of nitrogens with one attached hydrogen (secondary N) is 1. The molecule has 1 aliphatic heterocycles. The van der Waals surface area contributed by atoms with Crippen LogP contribution in [0.15, 0.2) is 12.1 Å². The second-order valence-electron chi connectivity index (χ2n) is 5.32. The molecule has 1 unspecified atom stereocenters. The predicted octanol–water partition coefficient (Wildman–Crippen LogP) is 2.85. The molecule has 1 N–H and O–H groups in total. The maximum atomic E-state index is 12.0. The number of hydrogen-bond acceptors (Lipinski definition) is 3. The molecule has 0 radical (unpaired) electrons. The molecule has 1 atom stereocenters. The fourth-order valence-corrected chi connectivity index (χ4v) is 2.90. The topological polar surface area (TPSA) is 45.2 Å². The molecule has 1 fully saturated rings. The van der Waals surface area contributed by atoms with Crippen molar-refractivity contribution in [3.8, 4) is 0 Å². The molecule has 1 aromatic rings. The first kappa shape index (κ1) is 15.5. The Morgan fingerprint density at radius 3 is 2.55 bits per heavy atom. The van der Waals surface area contributed by atoms with E-state index in [-0.39, 0.29) is 16.2 Å². The van der Waals surface area contributed by atoms with Crippen LogP contribution < -0.4 is 5.32 Å². The highest BCUT2D eigenvalue weighted by atomic mass is 35.5. The average molecular weight is 316 g/mol. The summed E-state index contributed by atoms with van der Waals surface area (Å²) >= 11 is 11.6. The van der Waals surface area contributed by atoms with Crippen LogP contribution in [0.25, 0.3) is 0 Å². The van der Waals surface area contributed by atoms with Crippen LogP contribution in [0.3, 0.4) is 0 Å². The molecule has 2 heterocycles. The van der Waals surface area contributed by atoms with E-state index in [2.05, 4.69) is 22.1 Å². The van der Waals surface area contributed by atoms with Crippen LogP contribution in [0.5, 0.6) is 0 Å². The van der Waals surface area contributed by atoms with Gasteiger partial charge in [-0.1, -0.05) is 30.1 Å². The zero-order valence-corrected chi connectivity index (χ0v) is 13.0. The summed E-state index contributed by atoms with van der Waals surface area (Å²) in [5.41, 5.74) is 0.448. The largest absolute Gasteiger partial charge is 0.352 e. The lowest BCUT2D eigenvalue weighted by Crippen LogP contribution is -2.34. The van der Waals surface area contributed by atoms with Gasteiger partial charge in [-0.05, 0) is 44.0 Å². The van der Waals surface area contributed by atoms with Crippen molar-refractivity contribution in [3.63, 3.8) is 0 Å². The standard InChI is InChI=1S/C14H19Cl2N3O/c1-10(9-19-4-2-3-5-19)8-17-14(20)11-6-12(15)18-13(16)7-11/h6-7,10H,2-5,8-9H2,1H3,(H,17,20). The molecular formula is C14H19Cl2N3O. The van der Waals surface area contributed by atoms with E-state index in [4.69, 9.17) is 23.2 Å². The number of aromatic nitrogens is 1. The summed E-state index contributed by atoms with van der Waals surface area (Å²) in [4.78, 5) is 18.3. The molecule has 0 bridgehead atoms. The molecule has 0 saturated carbocycles. The van der Waals surface area contributed by atoms with Gasteiger partial charge in [-0.2, -0.15) is 0 Å². The van der Waals surface area contributed by atoms with Gasteiger partial charge in [-0.15, -0.1) is 0 Å². The Kier molecular flexibility index (Phi) is 5.64. The molecule has 1 aromatic heterocycles. The van der Waals surface area contributed by atoms with Crippen LogP contribution in [-0.4, -0.2) is 42.0 Å². The van der Waals surface area contributed by atoms with E-state index in [0.29, 0.717) is 18.0 Å². The van der Waals surface area contributed by atoms with Gasteiger partial charge in [0.05, 0.1) is 0 Å². The highest BCUT2D eigenvalue weighted by Crippen LogP contribution is 2.15. The first-order valence-electron chi connectivity index (χ1n) is 6.88. The summed E-state index contributed by atoms with van der Waals surface area (Å²) in [5, 5.41) is 3.38. The number of amides is 1. The molecule has 6 heteroatoms. The van der Waals surface area contributed by atoms with Crippen LogP contribution >= 0.6 is 23.2 Å². The summed E-state index contributed by atoms with van der Waals surface area (Å²) in [5.74, 6) is 0.259. The maximum absolute atomic E-state index is 12.0. The van der Waals surface area contributed by atoms with Gasteiger partial charge in [-0.3, -0.25) is 4.79 Å². The molecule has 0 aliphatic carbocycles. The monoisotopic (exact) mass is 315 g/mol. The van der Waals surface area contributed by atoms with Crippen LogP contribution in [-0.2, 0) is 0 Å². The third-order valence-electron chi connectivity index (χ3n) is 3.40. The van der Waals surface area contributed by atoms with Crippen molar-refractivity contribution in [2.45, 2.75) is 19.8 Å². The minimum Gasteiger partial charge on any atom is -0.352 e. The SMILES string of the molecule is CC(CNC(=O)c1cc(Cl)nc(Cl)c1)CN1CCCC1. The van der Waals surface area contributed by atoms with Crippen molar-refractivity contribution < 1.29 is 4.79 Å². The fourth-order valence-electron chi connectivity index (χ4n) is 2.44. The molecule has 4 nitrogen and oxygen atoms in total. The maximum Gasteiger partial charge on any atom is 0.251 e. The predicted molar refractivity (Wildman–Crippen MR) is 81.4 cm³/mol. The van der Waals surface area contributed by atoms with E-state index in [1.807, 2.05) is 0 Å². The van der Waals surface area contributed by atoms with Gasteiger partial charge in [0.1, 0.15) is 10.3 Å². The Balaban J connectivity index is 1.81. The third kappa shape index (κ3) is 4.62. The molecular weight excluding hydrogens is 297 g/mol. The number of carbonyl (C=O) groups excluding carboxylic acids is 1. The molecule has 20 heavy (non-hydrogen) atoms. The van der Waals surface area contributed by atoms with Crippen LogP contribution in [0.4, 0.5) is 0 Å². The van der Waals surface area contributed by atoms with Crippen molar-refractivity contribution >= 4 is 29.1 Å². The van der Waals surface area contributed by atoms with Crippen molar-refractivity contribution in [2.75, 3.05) is 26.2 Å². The lowest BCUT2D eigenvalue weighted by Gasteiger charge is -2.20. The minimum absolute atomic E-state index is 0.163. The van der Waals surface area contributed by atoms with Crippen LogP contribution in [0, 0.1) is 5.92 Å². The lowest BCUT2D eigenvalue weighted by molar-refractivity contribution is 0.0945. The summed E-state index contributed by atoms with van der Waals surface area (Å²) in [6.45, 7) is 6.16. The van der Waals surface area contributed by atoms with Gasteiger partial charge in [0.25, 0.3) is 5.91 Å². The Bertz CT molecular complexity index is 455. The summed E-state index contributed by atoms with van der Waals surface area (Å²) in [7, 11) is 0. The van der Waals surface area contributed by atoms with E-state index in [1.54, 1.807) is 0 Å². The van der Waals surface area contributed by atoms with E-state index in [1.165, 1.54) is 38.1 Å². The number of carbonyl (C=O) groups is 1. The fraction of sp³-hybridized carbons (Fsp3) is 0.571. The molecule has 1 aliphatic rings. The van der Waals surface area contributed by atoms with E-state index in [9.17, 15) is 4.79 Å². The van der Waals surface area contributed by atoms with Gasteiger partial charge in [0.2, 0.25) is 0 Å². The zero-order chi connectivity index (χ0) is 14.5. The minimum atomic E-state index is -0.163. The van der Waals surface area contributed by atoms with Gasteiger partial charge in [-0.25, -0.2) is 4.98 Å². The highest BCUT2D eigenvalue weighted by molar-refractivity contribution is 6.33. The summed E-state index contributed by atoms with van der Waals surface area (Å²) < 4.78 is 0. The quantitative estimate of drug-likeness (QED) is 0.850. The highest BCUT2D eigenvalue weighted by Gasteiger charge is 2.15. The average Bonchev–Trinajstić information content (AvgIpc) is 2.87. The first-order valence-corrected chi connectivity index (χ1v) is 7.64. The van der Waals surface area contributed by atoms with Crippen LogP contribution in [0.2, 0.25) is 10.3 Å². The van der Waals surface area contributed by atoms with Gasteiger partial charge < -0.3 is 10.2 Å². The van der Waals surface area contributed by atoms with E-state index in [0.717, 1.165) is 6.54 Å².